The molecule has 0 amide bonds. The minimum Gasteiger partial charge on any atom is -0.318 e. The van der Waals surface area contributed by atoms with Crippen LogP contribution >= 0.6 is 0 Å². The summed E-state index contributed by atoms with van der Waals surface area (Å²) in [4.78, 5) is 3.80. The van der Waals surface area contributed by atoms with Crippen molar-refractivity contribution in [1.29, 1.82) is 0 Å². The lowest BCUT2D eigenvalue weighted by Gasteiger charge is -2.29. The fourth-order valence-corrected chi connectivity index (χ4v) is 2.00. The molecule has 0 saturated heterocycles. The van der Waals surface area contributed by atoms with E-state index in [1.165, 1.54) is 24.4 Å². The van der Waals surface area contributed by atoms with Gasteiger partial charge in [-0.2, -0.15) is 0 Å². The molecule has 4 heteroatoms. The van der Waals surface area contributed by atoms with E-state index >= 15 is 0 Å². The number of hydrogen-bond acceptors (Lipinski definition) is 2. The molecule has 2 rings (SSSR count). The van der Waals surface area contributed by atoms with Crippen LogP contribution in [0.4, 0.5) is 8.78 Å². The molecule has 18 heavy (non-hydrogen) atoms. The summed E-state index contributed by atoms with van der Waals surface area (Å²) in [5, 5.41) is 0. The van der Waals surface area contributed by atoms with Gasteiger partial charge in [-0.25, -0.2) is 8.78 Å². The molecule has 2 nitrogen and oxygen atoms in total. The van der Waals surface area contributed by atoms with Crippen LogP contribution < -0.4 is 5.73 Å². The van der Waals surface area contributed by atoms with Crippen molar-refractivity contribution in [2.24, 2.45) is 5.73 Å². The Morgan fingerprint density at radius 3 is 2.44 bits per heavy atom. The summed E-state index contributed by atoms with van der Waals surface area (Å²) in [5.74, 6) is -0.813. The maximum atomic E-state index is 13.3. The Hall–Kier alpha value is -1.81. The Balaban J connectivity index is 2.54. The number of nitrogens with zero attached hydrogens (tertiary/aromatic N) is 1. The van der Waals surface area contributed by atoms with E-state index in [0.29, 0.717) is 17.5 Å². The number of rotatable bonds is 3. The summed E-state index contributed by atoms with van der Waals surface area (Å²) in [6.07, 6.45) is 3.14. The Labute approximate surface area is 104 Å². The molecular formula is C14H14F2N2. The lowest BCUT2D eigenvalue weighted by atomic mass is 9.82. The van der Waals surface area contributed by atoms with E-state index in [1.54, 1.807) is 12.1 Å². The van der Waals surface area contributed by atoms with Crippen molar-refractivity contribution in [3.05, 3.63) is 65.5 Å². The fraction of sp³-hybridized carbons (Fsp3) is 0.214. The highest BCUT2D eigenvalue weighted by molar-refractivity contribution is 5.36. The van der Waals surface area contributed by atoms with Gasteiger partial charge in [0.2, 0.25) is 0 Å². The van der Waals surface area contributed by atoms with Gasteiger partial charge in [-0.1, -0.05) is 19.1 Å². The van der Waals surface area contributed by atoms with Gasteiger partial charge in [-0.15, -0.1) is 0 Å². The summed E-state index contributed by atoms with van der Waals surface area (Å²) in [6, 6.07) is 7.38. The first-order valence-corrected chi connectivity index (χ1v) is 5.72. The number of pyridine rings is 1. The standard InChI is InChI=1S/C14H14F2N2/c1-2-14(17,10-4-3-5-12(15)6-10)11-7-13(16)9-18-8-11/h3-9H,2,17H2,1H3. The monoisotopic (exact) mass is 248 g/mol. The van der Waals surface area contributed by atoms with Crippen molar-refractivity contribution >= 4 is 0 Å². The van der Waals surface area contributed by atoms with Crippen molar-refractivity contribution in [2.45, 2.75) is 18.9 Å². The minimum atomic E-state index is -0.933. The van der Waals surface area contributed by atoms with Gasteiger partial charge < -0.3 is 5.73 Å². The van der Waals surface area contributed by atoms with Crippen LogP contribution in [0.15, 0.2) is 42.7 Å². The molecule has 1 atom stereocenters. The van der Waals surface area contributed by atoms with Crippen LogP contribution in [-0.2, 0) is 5.54 Å². The van der Waals surface area contributed by atoms with Crippen LogP contribution in [0.1, 0.15) is 24.5 Å². The Kier molecular flexibility index (Phi) is 3.39. The van der Waals surface area contributed by atoms with Crippen LogP contribution in [-0.4, -0.2) is 4.98 Å². The molecule has 1 heterocycles. The second-order valence-corrected chi connectivity index (χ2v) is 4.23. The molecule has 1 unspecified atom stereocenters. The van der Waals surface area contributed by atoms with Gasteiger partial charge in [0.15, 0.2) is 0 Å². The normalized spacial score (nSPS) is 14.2. The third-order valence-corrected chi connectivity index (χ3v) is 3.12. The first-order valence-electron chi connectivity index (χ1n) is 5.72. The number of halogens is 2. The van der Waals surface area contributed by atoms with Crippen LogP contribution in [0.5, 0.6) is 0 Å². The van der Waals surface area contributed by atoms with E-state index in [2.05, 4.69) is 4.98 Å². The van der Waals surface area contributed by atoms with Crippen molar-refractivity contribution in [3.8, 4) is 0 Å². The van der Waals surface area contributed by atoms with E-state index in [4.69, 9.17) is 5.73 Å². The highest BCUT2D eigenvalue weighted by Crippen LogP contribution is 2.30. The van der Waals surface area contributed by atoms with Gasteiger partial charge in [-0.3, -0.25) is 4.98 Å². The van der Waals surface area contributed by atoms with E-state index in [9.17, 15) is 8.78 Å². The first-order chi connectivity index (χ1) is 8.56. The number of nitrogens with two attached hydrogens (primary N) is 1. The highest BCUT2D eigenvalue weighted by atomic mass is 19.1. The maximum Gasteiger partial charge on any atom is 0.141 e. The molecule has 1 aromatic heterocycles. The zero-order valence-corrected chi connectivity index (χ0v) is 10.0. The summed E-state index contributed by atoms with van der Waals surface area (Å²) in [7, 11) is 0. The lowest BCUT2D eigenvalue weighted by Crippen LogP contribution is -2.37. The van der Waals surface area contributed by atoms with Crippen molar-refractivity contribution < 1.29 is 8.78 Å². The topological polar surface area (TPSA) is 38.9 Å². The van der Waals surface area contributed by atoms with Gasteiger partial charge >= 0.3 is 0 Å². The van der Waals surface area contributed by atoms with Crippen LogP contribution in [0, 0.1) is 11.6 Å². The SMILES string of the molecule is CCC(N)(c1cccc(F)c1)c1cncc(F)c1. The Morgan fingerprint density at radius 1 is 1.11 bits per heavy atom. The zero-order chi connectivity index (χ0) is 13.2. The zero-order valence-electron chi connectivity index (χ0n) is 10.0. The molecule has 0 fully saturated rings. The van der Waals surface area contributed by atoms with E-state index in [0.717, 1.165) is 6.20 Å². The van der Waals surface area contributed by atoms with E-state index in [1.807, 2.05) is 6.92 Å². The van der Waals surface area contributed by atoms with Crippen molar-refractivity contribution in [2.75, 3.05) is 0 Å². The maximum absolute atomic E-state index is 13.3. The third kappa shape index (κ3) is 2.24. The molecule has 94 valence electrons. The number of hydrogen-bond donors (Lipinski definition) is 1. The van der Waals surface area contributed by atoms with Gasteiger partial charge in [0.25, 0.3) is 0 Å². The van der Waals surface area contributed by atoms with Gasteiger partial charge in [0, 0.05) is 6.20 Å². The molecule has 0 aliphatic heterocycles. The van der Waals surface area contributed by atoms with Crippen LogP contribution in [0.3, 0.4) is 0 Å². The van der Waals surface area contributed by atoms with Crippen LogP contribution in [0.2, 0.25) is 0 Å². The smallest absolute Gasteiger partial charge is 0.141 e. The van der Waals surface area contributed by atoms with E-state index in [-0.39, 0.29) is 5.82 Å². The molecule has 0 aliphatic rings. The van der Waals surface area contributed by atoms with Gasteiger partial charge in [-0.05, 0) is 35.7 Å². The van der Waals surface area contributed by atoms with Crippen LogP contribution in [0.25, 0.3) is 0 Å². The summed E-state index contributed by atoms with van der Waals surface area (Å²) < 4.78 is 26.5. The Morgan fingerprint density at radius 2 is 1.83 bits per heavy atom. The van der Waals surface area contributed by atoms with Crippen molar-refractivity contribution in [1.82, 2.24) is 4.98 Å². The summed E-state index contributed by atoms with van der Waals surface area (Å²) in [6.45, 7) is 1.87. The summed E-state index contributed by atoms with van der Waals surface area (Å²) >= 11 is 0. The summed E-state index contributed by atoms with van der Waals surface area (Å²) in [5.41, 5.74) is 6.52. The average Bonchev–Trinajstić information content (AvgIpc) is 2.38. The average molecular weight is 248 g/mol. The molecule has 0 aliphatic carbocycles. The third-order valence-electron chi connectivity index (χ3n) is 3.12. The van der Waals surface area contributed by atoms with Gasteiger partial charge in [0.05, 0.1) is 11.7 Å². The number of benzene rings is 1. The predicted molar refractivity (Wildman–Crippen MR) is 65.9 cm³/mol. The molecule has 0 bridgehead atoms. The fourth-order valence-electron chi connectivity index (χ4n) is 2.00. The molecule has 0 saturated carbocycles. The minimum absolute atomic E-state index is 0.361. The number of aromatic nitrogens is 1. The Bertz CT molecular complexity index is 509. The molecule has 1 aromatic carbocycles. The quantitative estimate of drug-likeness (QED) is 0.907. The molecule has 0 radical (unpaired) electrons. The highest BCUT2D eigenvalue weighted by Gasteiger charge is 2.28. The molecule has 2 aromatic rings. The molecular weight excluding hydrogens is 234 g/mol. The molecule has 2 N–H and O–H groups in total. The largest absolute Gasteiger partial charge is 0.318 e. The van der Waals surface area contributed by atoms with E-state index < -0.39 is 11.4 Å². The lowest BCUT2D eigenvalue weighted by molar-refractivity contribution is 0.504. The second-order valence-electron chi connectivity index (χ2n) is 4.23. The van der Waals surface area contributed by atoms with Gasteiger partial charge in [0.1, 0.15) is 11.6 Å². The van der Waals surface area contributed by atoms with Crippen molar-refractivity contribution in [3.63, 3.8) is 0 Å². The first kappa shape index (κ1) is 12.6. The predicted octanol–water partition coefficient (Wildman–Crippen LogP) is 2.97. The second kappa shape index (κ2) is 4.82. The molecule has 0 spiro atoms.